The first kappa shape index (κ1) is 14.7. The van der Waals surface area contributed by atoms with Crippen LogP contribution in [0.2, 0.25) is 0 Å². The molecule has 2 rings (SSSR count). The van der Waals surface area contributed by atoms with Gasteiger partial charge >= 0.3 is 0 Å². The maximum absolute atomic E-state index is 11.8. The molecule has 0 unspecified atom stereocenters. The lowest BCUT2D eigenvalue weighted by Gasteiger charge is -2.27. The molecule has 2 heterocycles. The van der Waals surface area contributed by atoms with Gasteiger partial charge in [0.25, 0.3) is 0 Å². The Labute approximate surface area is 119 Å². The van der Waals surface area contributed by atoms with Gasteiger partial charge in [-0.3, -0.25) is 4.79 Å². The van der Waals surface area contributed by atoms with Crippen LogP contribution < -0.4 is 10.2 Å². The molecule has 1 aromatic rings. The van der Waals surface area contributed by atoms with Crippen molar-refractivity contribution in [2.24, 2.45) is 5.41 Å². The minimum Gasteiger partial charge on any atom is -0.378 e. The van der Waals surface area contributed by atoms with Crippen molar-refractivity contribution in [2.75, 3.05) is 31.2 Å². The Balaban J connectivity index is 1.97. The summed E-state index contributed by atoms with van der Waals surface area (Å²) in [6.45, 7) is 9.12. The van der Waals surface area contributed by atoms with Crippen molar-refractivity contribution in [3.8, 4) is 0 Å². The highest BCUT2D eigenvalue weighted by Crippen LogP contribution is 2.14. The number of nitrogens with zero attached hydrogens (tertiary/aromatic N) is 3. The van der Waals surface area contributed by atoms with Crippen molar-refractivity contribution in [1.82, 2.24) is 15.3 Å². The molecule has 6 nitrogen and oxygen atoms in total. The topological polar surface area (TPSA) is 67.4 Å². The van der Waals surface area contributed by atoms with Crippen molar-refractivity contribution in [1.29, 1.82) is 0 Å². The zero-order chi connectivity index (χ0) is 14.6. The number of carbonyl (C=O) groups is 1. The van der Waals surface area contributed by atoms with Gasteiger partial charge in [-0.15, -0.1) is 0 Å². The van der Waals surface area contributed by atoms with E-state index >= 15 is 0 Å². The van der Waals surface area contributed by atoms with E-state index in [-0.39, 0.29) is 5.91 Å². The van der Waals surface area contributed by atoms with Crippen molar-refractivity contribution in [3.05, 3.63) is 18.1 Å². The Morgan fingerprint density at radius 1 is 1.40 bits per heavy atom. The summed E-state index contributed by atoms with van der Waals surface area (Å²) < 4.78 is 5.33. The molecule has 110 valence electrons. The summed E-state index contributed by atoms with van der Waals surface area (Å²) in [7, 11) is 0. The van der Waals surface area contributed by atoms with E-state index in [1.165, 1.54) is 0 Å². The minimum absolute atomic E-state index is 0.00197. The average Bonchev–Trinajstić information content (AvgIpc) is 2.45. The summed E-state index contributed by atoms with van der Waals surface area (Å²) in [5, 5.41) is 2.86. The number of anilines is 1. The van der Waals surface area contributed by atoms with Crippen molar-refractivity contribution < 1.29 is 9.53 Å². The summed E-state index contributed by atoms with van der Waals surface area (Å²) in [5.41, 5.74) is -0.401. The molecule has 6 heteroatoms. The first-order valence-corrected chi connectivity index (χ1v) is 6.90. The highest BCUT2D eigenvalue weighted by atomic mass is 16.5. The number of carbonyl (C=O) groups excluding carboxylic acids is 1. The smallest absolute Gasteiger partial charge is 0.225 e. The fourth-order valence-corrected chi connectivity index (χ4v) is 1.87. The van der Waals surface area contributed by atoms with Gasteiger partial charge in [-0.05, 0) is 6.07 Å². The third kappa shape index (κ3) is 3.90. The van der Waals surface area contributed by atoms with Gasteiger partial charge in [0.05, 0.1) is 19.8 Å². The maximum atomic E-state index is 11.8. The van der Waals surface area contributed by atoms with Crippen LogP contribution in [0.3, 0.4) is 0 Å². The van der Waals surface area contributed by atoms with Gasteiger partial charge in [0.1, 0.15) is 11.6 Å². The maximum Gasteiger partial charge on any atom is 0.225 e. The third-order valence-electron chi connectivity index (χ3n) is 3.11. The molecule has 0 saturated carbocycles. The van der Waals surface area contributed by atoms with E-state index in [1.807, 2.05) is 26.8 Å². The van der Waals surface area contributed by atoms with Gasteiger partial charge in [0.2, 0.25) is 5.91 Å². The molecule has 1 N–H and O–H groups in total. The van der Waals surface area contributed by atoms with Crippen LogP contribution in [0, 0.1) is 5.41 Å². The molecule has 1 amide bonds. The molecule has 0 aromatic carbocycles. The Bertz CT molecular complexity index is 464. The molecular weight excluding hydrogens is 256 g/mol. The molecule has 1 saturated heterocycles. The van der Waals surface area contributed by atoms with Crippen LogP contribution >= 0.6 is 0 Å². The van der Waals surface area contributed by atoms with E-state index in [1.54, 1.807) is 6.20 Å². The lowest BCUT2D eigenvalue weighted by atomic mass is 9.96. The lowest BCUT2D eigenvalue weighted by Crippen LogP contribution is -2.37. The number of rotatable bonds is 3. The molecule has 0 atom stereocenters. The molecule has 0 aliphatic carbocycles. The predicted octanol–water partition coefficient (Wildman–Crippen LogP) is 0.975. The second-order valence-corrected chi connectivity index (χ2v) is 5.86. The van der Waals surface area contributed by atoms with Crippen LogP contribution in [-0.2, 0) is 16.1 Å². The van der Waals surface area contributed by atoms with Gasteiger partial charge in [-0.25, -0.2) is 9.97 Å². The zero-order valence-electron chi connectivity index (χ0n) is 12.3. The van der Waals surface area contributed by atoms with Gasteiger partial charge in [0.15, 0.2) is 0 Å². The Kier molecular flexibility index (Phi) is 4.54. The normalized spacial score (nSPS) is 16.1. The first-order valence-electron chi connectivity index (χ1n) is 6.90. The highest BCUT2D eigenvalue weighted by molar-refractivity contribution is 5.81. The van der Waals surface area contributed by atoms with Crippen LogP contribution in [0.15, 0.2) is 12.3 Å². The minimum atomic E-state index is -0.401. The Hall–Kier alpha value is -1.69. The SMILES string of the molecule is CC(C)(C)C(=O)NCc1nccc(N2CCOCC2)n1. The summed E-state index contributed by atoms with van der Waals surface area (Å²) in [6, 6.07) is 1.89. The van der Waals surface area contributed by atoms with Crippen LogP contribution in [-0.4, -0.2) is 42.2 Å². The van der Waals surface area contributed by atoms with Crippen LogP contribution in [0.5, 0.6) is 0 Å². The van der Waals surface area contributed by atoms with Gasteiger partial charge in [-0.2, -0.15) is 0 Å². The van der Waals surface area contributed by atoms with Crippen molar-refractivity contribution >= 4 is 11.7 Å². The second kappa shape index (κ2) is 6.17. The number of aromatic nitrogens is 2. The van der Waals surface area contributed by atoms with E-state index in [0.717, 1.165) is 32.1 Å². The molecule has 1 aliphatic heterocycles. The molecule has 0 radical (unpaired) electrons. The van der Waals surface area contributed by atoms with Gasteiger partial charge < -0.3 is 15.0 Å². The Morgan fingerprint density at radius 2 is 2.10 bits per heavy atom. The van der Waals surface area contributed by atoms with Crippen LogP contribution in [0.4, 0.5) is 5.82 Å². The number of amides is 1. The fourth-order valence-electron chi connectivity index (χ4n) is 1.87. The van der Waals surface area contributed by atoms with E-state index in [2.05, 4.69) is 20.2 Å². The zero-order valence-corrected chi connectivity index (χ0v) is 12.3. The average molecular weight is 278 g/mol. The van der Waals surface area contributed by atoms with E-state index in [0.29, 0.717) is 12.4 Å². The standard InChI is InChI=1S/C14H22N4O2/c1-14(2,3)13(19)16-10-11-15-5-4-12(17-11)18-6-8-20-9-7-18/h4-5H,6-10H2,1-3H3,(H,16,19). The summed E-state index contributed by atoms with van der Waals surface area (Å²) >= 11 is 0. The Morgan fingerprint density at radius 3 is 2.75 bits per heavy atom. The lowest BCUT2D eigenvalue weighted by molar-refractivity contribution is -0.128. The molecule has 20 heavy (non-hydrogen) atoms. The summed E-state index contributed by atoms with van der Waals surface area (Å²) in [6.07, 6.45) is 1.73. The molecule has 1 fully saturated rings. The van der Waals surface area contributed by atoms with Crippen molar-refractivity contribution in [2.45, 2.75) is 27.3 Å². The number of hydrogen-bond donors (Lipinski definition) is 1. The number of ether oxygens (including phenoxy) is 1. The molecular formula is C14H22N4O2. The molecule has 1 aliphatic rings. The third-order valence-corrected chi connectivity index (χ3v) is 3.11. The molecule has 1 aromatic heterocycles. The van der Waals surface area contributed by atoms with Gasteiger partial charge in [-0.1, -0.05) is 20.8 Å². The van der Waals surface area contributed by atoms with E-state index < -0.39 is 5.41 Å². The van der Waals surface area contributed by atoms with E-state index in [9.17, 15) is 4.79 Å². The quantitative estimate of drug-likeness (QED) is 0.892. The molecule has 0 bridgehead atoms. The van der Waals surface area contributed by atoms with Crippen LogP contribution in [0.1, 0.15) is 26.6 Å². The highest BCUT2D eigenvalue weighted by Gasteiger charge is 2.21. The van der Waals surface area contributed by atoms with Crippen molar-refractivity contribution in [3.63, 3.8) is 0 Å². The van der Waals surface area contributed by atoms with Crippen LogP contribution in [0.25, 0.3) is 0 Å². The monoisotopic (exact) mass is 278 g/mol. The summed E-state index contributed by atoms with van der Waals surface area (Å²) in [5.74, 6) is 1.52. The number of nitrogens with one attached hydrogen (secondary N) is 1. The van der Waals surface area contributed by atoms with Gasteiger partial charge in [0, 0.05) is 24.7 Å². The molecule has 0 spiro atoms. The second-order valence-electron chi connectivity index (χ2n) is 5.86. The largest absolute Gasteiger partial charge is 0.378 e. The fraction of sp³-hybridized carbons (Fsp3) is 0.643. The number of hydrogen-bond acceptors (Lipinski definition) is 5. The van der Waals surface area contributed by atoms with E-state index in [4.69, 9.17) is 4.74 Å². The first-order chi connectivity index (χ1) is 9.47. The predicted molar refractivity (Wildman–Crippen MR) is 76.4 cm³/mol. The number of morpholine rings is 1. The summed E-state index contributed by atoms with van der Waals surface area (Å²) in [4.78, 5) is 22.7.